The smallest absolute Gasteiger partial charge is 0.123 e. The van der Waals surface area contributed by atoms with Crippen LogP contribution in [0.2, 0.25) is 0 Å². The summed E-state index contributed by atoms with van der Waals surface area (Å²) in [6.07, 6.45) is 3.44. The first-order valence-electron chi connectivity index (χ1n) is 8.63. The molecule has 1 saturated heterocycles. The van der Waals surface area contributed by atoms with Gasteiger partial charge >= 0.3 is 0 Å². The van der Waals surface area contributed by atoms with Gasteiger partial charge in [0.25, 0.3) is 0 Å². The summed E-state index contributed by atoms with van der Waals surface area (Å²) in [5, 5.41) is 11.7. The van der Waals surface area contributed by atoms with E-state index in [0.29, 0.717) is 5.92 Å². The predicted octanol–water partition coefficient (Wildman–Crippen LogP) is 4.35. The standard InChI is InChI=1S/C19H25FN2OS/c1-13(2)19-21-11-17(24-19)12-22-9-7-15(8-10-22)18(23)14-3-5-16(20)6-4-14/h3-6,11,13,15,18,23H,7-10,12H2,1-2H3. The van der Waals surface area contributed by atoms with Crippen molar-refractivity contribution in [3.63, 3.8) is 0 Å². The van der Waals surface area contributed by atoms with Gasteiger partial charge in [-0.1, -0.05) is 26.0 Å². The van der Waals surface area contributed by atoms with Crippen LogP contribution in [-0.2, 0) is 6.54 Å². The maximum atomic E-state index is 13.0. The molecule has 2 heterocycles. The number of benzene rings is 1. The largest absolute Gasteiger partial charge is 0.388 e. The molecule has 1 aromatic carbocycles. The van der Waals surface area contributed by atoms with Crippen molar-refractivity contribution in [1.82, 2.24) is 9.88 Å². The molecule has 1 fully saturated rings. The Morgan fingerprint density at radius 1 is 1.25 bits per heavy atom. The van der Waals surface area contributed by atoms with Crippen LogP contribution in [0.15, 0.2) is 30.5 Å². The van der Waals surface area contributed by atoms with Gasteiger partial charge in [-0.3, -0.25) is 4.90 Å². The fraction of sp³-hybridized carbons (Fsp3) is 0.526. The van der Waals surface area contributed by atoms with Crippen LogP contribution >= 0.6 is 11.3 Å². The number of aliphatic hydroxyl groups excluding tert-OH is 1. The lowest BCUT2D eigenvalue weighted by atomic mass is 9.87. The molecule has 2 aromatic rings. The molecule has 0 aliphatic carbocycles. The van der Waals surface area contributed by atoms with Crippen LogP contribution in [0.1, 0.15) is 54.2 Å². The van der Waals surface area contributed by atoms with Crippen LogP contribution in [0, 0.1) is 11.7 Å². The summed E-state index contributed by atoms with van der Waals surface area (Å²) < 4.78 is 13.0. The number of aromatic nitrogens is 1. The average Bonchev–Trinajstić information content (AvgIpc) is 3.04. The first-order valence-corrected chi connectivity index (χ1v) is 9.45. The second kappa shape index (κ2) is 7.72. The minimum Gasteiger partial charge on any atom is -0.388 e. The molecule has 0 bridgehead atoms. The number of piperidine rings is 1. The molecule has 1 aliphatic rings. The number of thiazole rings is 1. The van der Waals surface area contributed by atoms with Gasteiger partial charge < -0.3 is 5.11 Å². The van der Waals surface area contributed by atoms with Gasteiger partial charge in [-0.15, -0.1) is 11.3 Å². The highest BCUT2D eigenvalue weighted by molar-refractivity contribution is 7.11. The average molecular weight is 348 g/mol. The molecule has 0 saturated carbocycles. The van der Waals surface area contributed by atoms with E-state index in [1.165, 1.54) is 22.0 Å². The normalized spacial score (nSPS) is 18.2. The lowest BCUT2D eigenvalue weighted by molar-refractivity contribution is 0.0570. The third kappa shape index (κ3) is 4.21. The number of hydrogen-bond donors (Lipinski definition) is 1. The predicted molar refractivity (Wildman–Crippen MR) is 95.6 cm³/mol. The van der Waals surface area contributed by atoms with E-state index >= 15 is 0 Å². The minimum absolute atomic E-state index is 0.249. The fourth-order valence-electron chi connectivity index (χ4n) is 3.24. The molecule has 1 aliphatic heterocycles. The van der Waals surface area contributed by atoms with Crippen molar-refractivity contribution in [2.75, 3.05) is 13.1 Å². The van der Waals surface area contributed by atoms with Crippen molar-refractivity contribution < 1.29 is 9.50 Å². The summed E-state index contributed by atoms with van der Waals surface area (Å²) in [4.78, 5) is 8.24. The number of halogens is 1. The molecule has 3 nitrogen and oxygen atoms in total. The molecule has 1 unspecified atom stereocenters. The molecule has 0 radical (unpaired) electrons. The highest BCUT2D eigenvalue weighted by Gasteiger charge is 2.26. The zero-order chi connectivity index (χ0) is 17.1. The Hall–Kier alpha value is -1.30. The van der Waals surface area contributed by atoms with E-state index in [1.54, 1.807) is 23.5 Å². The van der Waals surface area contributed by atoms with Gasteiger partial charge in [0.2, 0.25) is 0 Å². The van der Waals surface area contributed by atoms with Gasteiger partial charge in [-0.25, -0.2) is 9.37 Å². The Bertz CT molecular complexity index is 648. The minimum atomic E-state index is -0.497. The van der Waals surface area contributed by atoms with Gasteiger partial charge in [-0.05, 0) is 49.5 Å². The summed E-state index contributed by atoms with van der Waals surface area (Å²) >= 11 is 1.80. The zero-order valence-corrected chi connectivity index (χ0v) is 15.1. The number of aliphatic hydroxyl groups is 1. The van der Waals surface area contributed by atoms with Gasteiger partial charge in [-0.2, -0.15) is 0 Å². The van der Waals surface area contributed by atoms with E-state index in [0.717, 1.165) is 38.0 Å². The SMILES string of the molecule is CC(C)c1ncc(CN2CCC(C(O)c3ccc(F)cc3)CC2)s1. The van der Waals surface area contributed by atoms with Crippen LogP contribution < -0.4 is 0 Å². The van der Waals surface area contributed by atoms with Crippen LogP contribution in [0.5, 0.6) is 0 Å². The number of likely N-dealkylation sites (tertiary alicyclic amines) is 1. The Balaban J connectivity index is 1.52. The van der Waals surface area contributed by atoms with Crippen LogP contribution in [-0.4, -0.2) is 28.1 Å². The van der Waals surface area contributed by atoms with Crippen LogP contribution in [0.3, 0.4) is 0 Å². The van der Waals surface area contributed by atoms with E-state index in [4.69, 9.17) is 0 Å². The molecular weight excluding hydrogens is 323 g/mol. The Morgan fingerprint density at radius 2 is 1.92 bits per heavy atom. The third-order valence-electron chi connectivity index (χ3n) is 4.74. The van der Waals surface area contributed by atoms with Crippen LogP contribution in [0.25, 0.3) is 0 Å². The Labute approximate surface area is 147 Å². The lowest BCUT2D eigenvalue weighted by Crippen LogP contribution is -2.35. The monoisotopic (exact) mass is 348 g/mol. The first kappa shape index (κ1) is 17.5. The third-order valence-corrected chi connectivity index (χ3v) is 6.02. The van der Waals surface area contributed by atoms with Crippen molar-refractivity contribution in [1.29, 1.82) is 0 Å². The molecular formula is C19H25FN2OS. The second-order valence-corrected chi connectivity index (χ2v) is 8.08. The molecule has 130 valence electrons. The summed E-state index contributed by atoms with van der Waals surface area (Å²) in [6.45, 7) is 7.26. The molecule has 1 N–H and O–H groups in total. The van der Waals surface area contributed by atoms with E-state index in [1.807, 2.05) is 6.20 Å². The molecule has 1 aromatic heterocycles. The summed E-state index contributed by atoms with van der Waals surface area (Å²) in [5.41, 5.74) is 0.818. The van der Waals surface area contributed by atoms with Gasteiger partial charge in [0.05, 0.1) is 11.1 Å². The maximum absolute atomic E-state index is 13.0. The van der Waals surface area contributed by atoms with Crippen LogP contribution in [0.4, 0.5) is 4.39 Å². The Kier molecular flexibility index (Phi) is 5.64. The number of rotatable bonds is 5. The zero-order valence-electron chi connectivity index (χ0n) is 14.3. The van der Waals surface area contributed by atoms with E-state index in [9.17, 15) is 9.50 Å². The van der Waals surface area contributed by atoms with Crippen molar-refractivity contribution in [2.45, 2.75) is 45.3 Å². The van der Waals surface area contributed by atoms with Crippen molar-refractivity contribution in [2.24, 2.45) is 5.92 Å². The van der Waals surface area contributed by atoms with Crippen molar-refractivity contribution in [3.8, 4) is 0 Å². The molecule has 5 heteroatoms. The molecule has 0 amide bonds. The van der Waals surface area contributed by atoms with E-state index < -0.39 is 6.10 Å². The Morgan fingerprint density at radius 3 is 2.50 bits per heavy atom. The summed E-state index contributed by atoms with van der Waals surface area (Å²) in [5.74, 6) is 0.478. The lowest BCUT2D eigenvalue weighted by Gasteiger charge is -2.34. The first-order chi connectivity index (χ1) is 11.5. The summed E-state index contributed by atoms with van der Waals surface area (Å²) in [6, 6.07) is 6.22. The topological polar surface area (TPSA) is 36.4 Å². The number of nitrogens with zero attached hydrogens (tertiary/aromatic N) is 2. The molecule has 0 spiro atoms. The highest BCUT2D eigenvalue weighted by Crippen LogP contribution is 2.32. The quantitative estimate of drug-likeness (QED) is 0.872. The van der Waals surface area contributed by atoms with Gasteiger partial charge in [0.15, 0.2) is 0 Å². The molecule has 24 heavy (non-hydrogen) atoms. The van der Waals surface area contributed by atoms with E-state index in [2.05, 4.69) is 23.7 Å². The van der Waals surface area contributed by atoms with E-state index in [-0.39, 0.29) is 11.7 Å². The van der Waals surface area contributed by atoms with Gasteiger partial charge in [0, 0.05) is 23.5 Å². The molecule has 1 atom stereocenters. The highest BCUT2D eigenvalue weighted by atomic mass is 32.1. The fourth-order valence-corrected chi connectivity index (χ4v) is 4.20. The number of hydrogen-bond acceptors (Lipinski definition) is 4. The summed E-state index contributed by atoms with van der Waals surface area (Å²) in [7, 11) is 0. The second-order valence-electron chi connectivity index (χ2n) is 6.93. The van der Waals surface area contributed by atoms with Crippen molar-refractivity contribution in [3.05, 3.63) is 51.7 Å². The van der Waals surface area contributed by atoms with Crippen molar-refractivity contribution >= 4 is 11.3 Å². The maximum Gasteiger partial charge on any atom is 0.123 e. The molecule has 3 rings (SSSR count). The van der Waals surface area contributed by atoms with Gasteiger partial charge in [0.1, 0.15) is 5.82 Å².